The van der Waals surface area contributed by atoms with Crippen LogP contribution < -0.4 is 4.91 Å². The Morgan fingerprint density at radius 3 is 2.84 bits per heavy atom. The van der Waals surface area contributed by atoms with Gasteiger partial charge < -0.3 is 4.74 Å². The number of ether oxygens (including phenoxy) is 1. The molecule has 106 valence electrons. The van der Waals surface area contributed by atoms with Gasteiger partial charge in [0.1, 0.15) is 22.7 Å². The van der Waals surface area contributed by atoms with E-state index >= 15 is 0 Å². The molecule has 0 bridgehead atoms. The minimum Gasteiger partial charge on any atom is -0.465 e. The maximum Gasteiger partial charge on any atom is 0.323 e. The molecule has 1 saturated carbocycles. The van der Waals surface area contributed by atoms with E-state index in [2.05, 4.69) is 14.9 Å². The summed E-state index contributed by atoms with van der Waals surface area (Å²) < 4.78 is 5.15. The average molecular weight is 267 g/mol. The summed E-state index contributed by atoms with van der Waals surface area (Å²) in [5.74, 6) is 0.548. The first-order valence-electron chi connectivity index (χ1n) is 7.21. The number of rotatable bonds is 5. The number of nitrogens with zero attached hydrogens (tertiary/aromatic N) is 3. The molecule has 0 aromatic carbocycles. The van der Waals surface area contributed by atoms with Gasteiger partial charge in [0.05, 0.1) is 6.61 Å². The fraction of sp³-hybridized carbons (Fsp3) is 0.923. The molecule has 0 aromatic heterocycles. The van der Waals surface area contributed by atoms with Gasteiger partial charge in [-0.3, -0.25) is 9.69 Å². The topological polar surface area (TPSA) is 79.8 Å². The summed E-state index contributed by atoms with van der Waals surface area (Å²) in [6.07, 6.45) is 5.76. The molecule has 2 atom stereocenters. The lowest BCUT2D eigenvalue weighted by Gasteiger charge is -2.25. The smallest absolute Gasteiger partial charge is 0.323 e. The molecule has 2 aliphatic rings. The Kier molecular flexibility index (Phi) is 5.05. The SMILES string of the molecule is CCOC(=O)[C@@H]1C[C@H](N=[N+]=N)CN1CC1CCCC1. The van der Waals surface area contributed by atoms with Gasteiger partial charge in [-0.15, -0.1) is 0 Å². The Morgan fingerprint density at radius 2 is 2.21 bits per heavy atom. The normalized spacial score (nSPS) is 28.3. The van der Waals surface area contributed by atoms with Crippen LogP contribution >= 0.6 is 0 Å². The van der Waals surface area contributed by atoms with Crippen molar-refractivity contribution in [3.8, 4) is 0 Å². The summed E-state index contributed by atoms with van der Waals surface area (Å²) in [7, 11) is 0. The molecule has 0 aromatic rings. The van der Waals surface area contributed by atoms with E-state index < -0.39 is 0 Å². The summed E-state index contributed by atoms with van der Waals surface area (Å²) in [5.41, 5.74) is 6.84. The quantitative estimate of drug-likeness (QED) is 0.468. The first kappa shape index (κ1) is 14.2. The van der Waals surface area contributed by atoms with Crippen LogP contribution in [0, 0.1) is 11.4 Å². The van der Waals surface area contributed by atoms with Crippen molar-refractivity contribution in [1.82, 2.24) is 9.81 Å². The summed E-state index contributed by atoms with van der Waals surface area (Å²) in [5, 5.41) is 3.88. The van der Waals surface area contributed by atoms with Crippen LogP contribution in [0.4, 0.5) is 0 Å². The standard InChI is InChI=1S/C13H23N4O2/c1-2-19-13(18)12-7-11(15-16-14)9-17(12)8-10-5-3-4-6-10/h10-12,14H,2-9H2,1H3/q+1/t11-,12-/m0/s1. The molecule has 1 aliphatic carbocycles. The predicted octanol–water partition coefficient (Wildman–Crippen LogP) is 1.73. The number of likely N-dealkylation sites (tertiary alicyclic amines) is 1. The van der Waals surface area contributed by atoms with Crippen LogP contribution in [0.15, 0.2) is 5.11 Å². The van der Waals surface area contributed by atoms with Gasteiger partial charge in [-0.2, -0.15) is 0 Å². The molecule has 19 heavy (non-hydrogen) atoms. The van der Waals surface area contributed by atoms with Crippen LogP contribution in [-0.4, -0.2) is 42.6 Å². The summed E-state index contributed by atoms with van der Waals surface area (Å²) in [6.45, 7) is 3.92. The van der Waals surface area contributed by atoms with Crippen LogP contribution in [0.25, 0.3) is 0 Å². The van der Waals surface area contributed by atoms with Crippen molar-refractivity contribution in [2.75, 3.05) is 19.7 Å². The number of hydrogen-bond acceptors (Lipinski definition) is 5. The zero-order valence-electron chi connectivity index (χ0n) is 11.5. The van der Waals surface area contributed by atoms with E-state index in [1.54, 1.807) is 0 Å². The van der Waals surface area contributed by atoms with Gasteiger partial charge in [-0.25, -0.2) is 0 Å². The van der Waals surface area contributed by atoms with Crippen molar-refractivity contribution < 1.29 is 9.53 Å². The molecule has 0 spiro atoms. The van der Waals surface area contributed by atoms with Crippen LogP contribution in [0.5, 0.6) is 0 Å². The molecule has 0 unspecified atom stereocenters. The van der Waals surface area contributed by atoms with Crippen LogP contribution in [0.3, 0.4) is 0 Å². The van der Waals surface area contributed by atoms with Crippen molar-refractivity contribution in [1.29, 1.82) is 5.53 Å². The van der Waals surface area contributed by atoms with E-state index in [0.717, 1.165) is 13.1 Å². The van der Waals surface area contributed by atoms with Crippen molar-refractivity contribution in [2.24, 2.45) is 11.0 Å². The minimum absolute atomic E-state index is 0.0340. The van der Waals surface area contributed by atoms with Gasteiger partial charge in [0.25, 0.3) is 0 Å². The Labute approximate surface area is 113 Å². The molecule has 1 saturated heterocycles. The highest BCUT2D eigenvalue weighted by atomic mass is 16.5. The fourth-order valence-electron chi connectivity index (χ4n) is 3.25. The lowest BCUT2D eigenvalue weighted by molar-refractivity contribution is -0.148. The van der Waals surface area contributed by atoms with Crippen LogP contribution in [-0.2, 0) is 9.53 Å². The van der Waals surface area contributed by atoms with Crippen molar-refractivity contribution in [3.05, 3.63) is 0 Å². The van der Waals surface area contributed by atoms with Crippen LogP contribution in [0.1, 0.15) is 39.0 Å². The average Bonchev–Trinajstić information content (AvgIpc) is 3.00. The summed E-state index contributed by atoms with van der Waals surface area (Å²) >= 11 is 0. The molecule has 0 amide bonds. The largest absolute Gasteiger partial charge is 0.465 e. The summed E-state index contributed by atoms with van der Waals surface area (Å²) in [6, 6.07) is -0.232. The first-order valence-corrected chi connectivity index (χ1v) is 7.21. The van der Waals surface area contributed by atoms with E-state index in [-0.39, 0.29) is 18.1 Å². The van der Waals surface area contributed by atoms with Crippen molar-refractivity contribution in [2.45, 2.75) is 51.1 Å². The highest BCUT2D eigenvalue weighted by molar-refractivity contribution is 5.76. The van der Waals surface area contributed by atoms with Gasteiger partial charge in [0.15, 0.2) is 0 Å². The van der Waals surface area contributed by atoms with Gasteiger partial charge in [0, 0.05) is 19.5 Å². The lowest BCUT2D eigenvalue weighted by Crippen LogP contribution is -2.39. The van der Waals surface area contributed by atoms with Crippen molar-refractivity contribution in [3.63, 3.8) is 0 Å². The van der Waals surface area contributed by atoms with E-state index in [0.29, 0.717) is 18.9 Å². The number of nitrogens with one attached hydrogen (secondary N) is 1. The van der Waals surface area contributed by atoms with Gasteiger partial charge in [0.2, 0.25) is 4.91 Å². The third-order valence-electron chi connectivity index (χ3n) is 4.13. The van der Waals surface area contributed by atoms with Gasteiger partial charge >= 0.3 is 5.97 Å². The molecule has 1 N–H and O–H groups in total. The second-order valence-electron chi connectivity index (χ2n) is 5.48. The van der Waals surface area contributed by atoms with E-state index in [9.17, 15) is 4.79 Å². The molecular formula is C13H23N4O2+. The molecule has 2 rings (SSSR count). The third-order valence-corrected chi connectivity index (χ3v) is 4.13. The van der Waals surface area contributed by atoms with Gasteiger partial charge in [-0.05, 0) is 25.7 Å². The molecule has 6 heteroatoms. The number of esters is 1. The van der Waals surface area contributed by atoms with Gasteiger partial charge in [-0.1, -0.05) is 12.8 Å². The minimum atomic E-state index is -0.198. The molecule has 1 aliphatic heterocycles. The zero-order valence-corrected chi connectivity index (χ0v) is 11.5. The molecule has 2 fully saturated rings. The lowest BCUT2D eigenvalue weighted by atomic mass is 10.1. The Balaban J connectivity index is 1.98. The second-order valence-corrected chi connectivity index (χ2v) is 5.48. The highest BCUT2D eigenvalue weighted by Gasteiger charge is 2.40. The monoisotopic (exact) mass is 267 g/mol. The first-order chi connectivity index (χ1) is 9.24. The fourth-order valence-corrected chi connectivity index (χ4v) is 3.25. The maximum absolute atomic E-state index is 12.0. The second kappa shape index (κ2) is 6.78. The zero-order chi connectivity index (χ0) is 13.7. The Hall–Kier alpha value is -1.26. The number of carbonyl (C=O) groups is 1. The Bertz CT molecular complexity index is 362. The summed E-state index contributed by atoms with van der Waals surface area (Å²) in [4.78, 5) is 17.3. The molecule has 0 radical (unpaired) electrons. The Morgan fingerprint density at radius 1 is 1.47 bits per heavy atom. The van der Waals surface area contributed by atoms with Crippen molar-refractivity contribution >= 4 is 5.97 Å². The molecule has 1 heterocycles. The molecule has 6 nitrogen and oxygen atoms in total. The highest BCUT2D eigenvalue weighted by Crippen LogP contribution is 2.29. The van der Waals surface area contributed by atoms with Crippen LogP contribution in [0.2, 0.25) is 0 Å². The number of carbonyl (C=O) groups excluding carboxylic acids is 1. The third kappa shape index (κ3) is 3.61. The van der Waals surface area contributed by atoms with E-state index in [1.165, 1.54) is 25.7 Å². The predicted molar refractivity (Wildman–Crippen MR) is 69.6 cm³/mol. The van der Waals surface area contributed by atoms with E-state index in [4.69, 9.17) is 10.3 Å². The molecular weight excluding hydrogens is 244 g/mol. The number of hydrogen-bond donors (Lipinski definition) is 1. The maximum atomic E-state index is 12.0. The van der Waals surface area contributed by atoms with E-state index in [1.807, 2.05) is 6.92 Å².